The molecule has 2 atom stereocenters. The van der Waals surface area contributed by atoms with Gasteiger partial charge in [-0.2, -0.15) is 0 Å². The van der Waals surface area contributed by atoms with Gasteiger partial charge in [-0.25, -0.2) is 4.39 Å². The van der Waals surface area contributed by atoms with Crippen LogP contribution in [0.5, 0.6) is 0 Å². The van der Waals surface area contributed by atoms with Crippen LogP contribution in [0.4, 0.5) is 15.8 Å². The van der Waals surface area contributed by atoms with Crippen molar-refractivity contribution in [3.8, 4) is 0 Å². The van der Waals surface area contributed by atoms with Crippen molar-refractivity contribution in [3.63, 3.8) is 0 Å². The number of nitrogens with two attached hydrogens (primary N) is 1. The Labute approximate surface area is 96.0 Å². The average molecular weight is 222 g/mol. The summed E-state index contributed by atoms with van der Waals surface area (Å²) in [6, 6.07) is 4.90. The quantitative estimate of drug-likeness (QED) is 0.770. The van der Waals surface area contributed by atoms with E-state index >= 15 is 0 Å². The minimum atomic E-state index is -0.343. The molecule has 1 aliphatic rings. The molecule has 1 fully saturated rings. The van der Waals surface area contributed by atoms with Crippen LogP contribution in [-0.2, 0) is 0 Å². The minimum absolute atomic E-state index is 0.230. The second-order valence-electron chi connectivity index (χ2n) is 4.87. The van der Waals surface area contributed by atoms with Gasteiger partial charge in [0.25, 0.3) is 0 Å². The minimum Gasteiger partial charge on any atom is -0.395 e. The third kappa shape index (κ3) is 2.46. The molecule has 16 heavy (non-hydrogen) atoms. The number of halogens is 1. The molecule has 2 unspecified atom stereocenters. The Balaban J connectivity index is 1.92. The molecule has 0 heterocycles. The molecule has 1 saturated carbocycles. The van der Waals surface area contributed by atoms with Gasteiger partial charge in [-0.15, -0.1) is 0 Å². The van der Waals surface area contributed by atoms with E-state index in [1.54, 1.807) is 6.07 Å². The van der Waals surface area contributed by atoms with Crippen LogP contribution >= 0.6 is 0 Å². The zero-order valence-corrected chi connectivity index (χ0v) is 9.67. The summed E-state index contributed by atoms with van der Waals surface area (Å²) in [6.45, 7) is 3.19. The second-order valence-corrected chi connectivity index (χ2v) is 4.87. The Bertz CT molecular complexity index is 365. The lowest BCUT2D eigenvalue weighted by Gasteiger charge is -2.14. The van der Waals surface area contributed by atoms with Crippen molar-refractivity contribution in [3.05, 3.63) is 24.0 Å². The van der Waals surface area contributed by atoms with Crippen molar-refractivity contribution in [2.24, 2.45) is 11.8 Å². The van der Waals surface area contributed by atoms with Gasteiger partial charge in [0, 0.05) is 6.54 Å². The van der Waals surface area contributed by atoms with Crippen molar-refractivity contribution in [1.82, 2.24) is 0 Å². The Morgan fingerprint density at radius 1 is 1.44 bits per heavy atom. The highest BCUT2D eigenvalue weighted by atomic mass is 19.1. The predicted octanol–water partition coefficient (Wildman–Crippen LogP) is 3.26. The molecular weight excluding hydrogens is 203 g/mol. The third-order valence-electron chi connectivity index (χ3n) is 3.44. The highest BCUT2D eigenvalue weighted by molar-refractivity contribution is 5.66. The van der Waals surface area contributed by atoms with E-state index in [9.17, 15) is 4.39 Å². The molecule has 3 heteroatoms. The first-order valence-corrected chi connectivity index (χ1v) is 5.94. The van der Waals surface area contributed by atoms with Gasteiger partial charge in [0.05, 0.1) is 11.4 Å². The first-order chi connectivity index (χ1) is 7.66. The molecule has 1 aliphatic carbocycles. The van der Waals surface area contributed by atoms with Gasteiger partial charge in [-0.3, -0.25) is 0 Å². The van der Waals surface area contributed by atoms with Gasteiger partial charge < -0.3 is 11.1 Å². The summed E-state index contributed by atoms with van der Waals surface area (Å²) in [5.41, 5.74) is 6.61. The SMILES string of the molecule is CC1CCC(CNc2cccc(F)c2N)C1. The largest absolute Gasteiger partial charge is 0.395 e. The number of anilines is 2. The van der Waals surface area contributed by atoms with Crippen LogP contribution in [0, 0.1) is 17.7 Å². The van der Waals surface area contributed by atoms with E-state index in [1.165, 1.54) is 25.3 Å². The molecule has 0 spiro atoms. The smallest absolute Gasteiger partial charge is 0.148 e. The summed E-state index contributed by atoms with van der Waals surface area (Å²) < 4.78 is 13.2. The summed E-state index contributed by atoms with van der Waals surface area (Å²) >= 11 is 0. The fourth-order valence-corrected chi connectivity index (χ4v) is 2.46. The van der Waals surface area contributed by atoms with Gasteiger partial charge in [0.2, 0.25) is 0 Å². The Morgan fingerprint density at radius 3 is 2.94 bits per heavy atom. The molecule has 88 valence electrons. The zero-order valence-electron chi connectivity index (χ0n) is 9.67. The van der Waals surface area contributed by atoms with Crippen LogP contribution in [-0.4, -0.2) is 6.54 Å². The Kier molecular flexibility index (Phi) is 3.32. The summed E-state index contributed by atoms with van der Waals surface area (Å²) in [5.74, 6) is 1.19. The lowest BCUT2D eigenvalue weighted by molar-refractivity contribution is 0.537. The number of rotatable bonds is 3. The van der Waals surface area contributed by atoms with Crippen molar-refractivity contribution in [1.29, 1.82) is 0 Å². The topological polar surface area (TPSA) is 38.0 Å². The average Bonchev–Trinajstić information content (AvgIpc) is 2.67. The highest BCUT2D eigenvalue weighted by Gasteiger charge is 2.21. The number of nitrogen functional groups attached to an aromatic ring is 1. The normalized spacial score (nSPS) is 24.6. The summed E-state index contributed by atoms with van der Waals surface area (Å²) in [4.78, 5) is 0. The molecule has 1 aromatic rings. The highest BCUT2D eigenvalue weighted by Crippen LogP contribution is 2.31. The van der Waals surface area contributed by atoms with Gasteiger partial charge in [-0.1, -0.05) is 19.4 Å². The maximum Gasteiger partial charge on any atom is 0.148 e. The number of benzene rings is 1. The number of hydrogen-bond acceptors (Lipinski definition) is 2. The van der Waals surface area contributed by atoms with Gasteiger partial charge in [-0.05, 0) is 36.8 Å². The zero-order chi connectivity index (χ0) is 11.5. The van der Waals surface area contributed by atoms with Crippen LogP contribution < -0.4 is 11.1 Å². The molecule has 0 aromatic heterocycles. The monoisotopic (exact) mass is 222 g/mol. The maximum absolute atomic E-state index is 13.2. The maximum atomic E-state index is 13.2. The molecule has 2 rings (SSSR count). The van der Waals surface area contributed by atoms with Gasteiger partial charge in [0.15, 0.2) is 0 Å². The van der Waals surface area contributed by atoms with Crippen LogP contribution in [0.3, 0.4) is 0 Å². The number of nitrogens with one attached hydrogen (secondary N) is 1. The van der Waals surface area contributed by atoms with Gasteiger partial charge >= 0.3 is 0 Å². The van der Waals surface area contributed by atoms with E-state index in [-0.39, 0.29) is 11.5 Å². The van der Waals surface area contributed by atoms with Crippen LogP contribution in [0.2, 0.25) is 0 Å². The molecule has 0 aliphatic heterocycles. The van der Waals surface area contributed by atoms with Crippen molar-refractivity contribution >= 4 is 11.4 Å². The second kappa shape index (κ2) is 4.73. The lowest BCUT2D eigenvalue weighted by atomic mass is 10.1. The van der Waals surface area contributed by atoms with Crippen LogP contribution in [0.15, 0.2) is 18.2 Å². The molecule has 0 saturated heterocycles. The summed E-state index contributed by atoms with van der Waals surface area (Å²) in [7, 11) is 0. The molecule has 2 nitrogen and oxygen atoms in total. The van der Waals surface area contributed by atoms with E-state index in [4.69, 9.17) is 5.73 Å². The van der Waals surface area contributed by atoms with Crippen molar-refractivity contribution in [2.45, 2.75) is 26.2 Å². The van der Waals surface area contributed by atoms with E-state index < -0.39 is 0 Å². The molecule has 0 radical (unpaired) electrons. The summed E-state index contributed by atoms with van der Waals surface area (Å²) in [6.07, 6.45) is 3.84. The lowest BCUT2D eigenvalue weighted by Crippen LogP contribution is -2.13. The first kappa shape index (κ1) is 11.2. The van der Waals surface area contributed by atoms with Crippen LogP contribution in [0.1, 0.15) is 26.2 Å². The Hall–Kier alpha value is -1.25. The van der Waals surface area contributed by atoms with Crippen molar-refractivity contribution < 1.29 is 4.39 Å². The van der Waals surface area contributed by atoms with Crippen LogP contribution in [0.25, 0.3) is 0 Å². The Morgan fingerprint density at radius 2 is 2.25 bits per heavy atom. The van der Waals surface area contributed by atoms with E-state index in [2.05, 4.69) is 12.2 Å². The molecule has 0 bridgehead atoms. The van der Waals surface area contributed by atoms with Crippen molar-refractivity contribution in [2.75, 3.05) is 17.6 Å². The molecule has 1 aromatic carbocycles. The summed E-state index contributed by atoms with van der Waals surface area (Å²) in [5, 5.41) is 3.25. The van der Waals surface area contributed by atoms with E-state index in [0.29, 0.717) is 5.92 Å². The third-order valence-corrected chi connectivity index (χ3v) is 3.44. The fourth-order valence-electron chi connectivity index (χ4n) is 2.46. The fraction of sp³-hybridized carbons (Fsp3) is 0.538. The standard InChI is InChI=1S/C13H19FN2/c1-9-5-6-10(7-9)8-16-12-4-2-3-11(14)13(12)15/h2-4,9-10,16H,5-8,15H2,1H3. The predicted molar refractivity (Wildman–Crippen MR) is 65.8 cm³/mol. The van der Waals surface area contributed by atoms with Gasteiger partial charge in [0.1, 0.15) is 5.82 Å². The first-order valence-electron chi connectivity index (χ1n) is 5.94. The number of para-hydroxylation sites is 1. The molecule has 3 N–H and O–H groups in total. The molecular formula is C13H19FN2. The molecule has 0 amide bonds. The van der Waals surface area contributed by atoms with E-state index in [1.807, 2.05) is 6.07 Å². The van der Waals surface area contributed by atoms with E-state index in [0.717, 1.165) is 18.2 Å². The number of hydrogen-bond donors (Lipinski definition) is 2.